The van der Waals surface area contributed by atoms with E-state index in [1.54, 1.807) is 49.4 Å². The number of benzene rings is 2. The average Bonchev–Trinajstić information content (AvgIpc) is 2.65. The molecule has 6 heteroatoms. The van der Waals surface area contributed by atoms with Crippen LogP contribution >= 0.6 is 11.6 Å². The van der Waals surface area contributed by atoms with Gasteiger partial charge in [-0.2, -0.15) is 0 Å². The molecule has 0 N–H and O–H groups in total. The summed E-state index contributed by atoms with van der Waals surface area (Å²) in [7, 11) is 0. The first kappa shape index (κ1) is 18.1. The van der Waals surface area contributed by atoms with E-state index in [9.17, 15) is 9.59 Å². The van der Waals surface area contributed by atoms with Crippen LogP contribution in [-0.2, 0) is 9.53 Å². The normalized spacial score (nSPS) is 12.1. The number of hydrogen-bond acceptors (Lipinski definition) is 4. The van der Waals surface area contributed by atoms with Gasteiger partial charge in [0.25, 0.3) is 5.56 Å². The number of nitrogens with zero attached hydrogens (tertiary/aromatic N) is 2. The minimum Gasteiger partial charge on any atom is -0.464 e. The minimum absolute atomic E-state index is 0.251. The van der Waals surface area contributed by atoms with E-state index in [2.05, 4.69) is 4.98 Å². The van der Waals surface area contributed by atoms with Crippen LogP contribution in [0.25, 0.3) is 22.3 Å². The number of hydrogen-bond donors (Lipinski definition) is 0. The van der Waals surface area contributed by atoms with Crippen molar-refractivity contribution in [2.24, 2.45) is 0 Å². The summed E-state index contributed by atoms with van der Waals surface area (Å²) in [5.41, 5.74) is 1.03. The highest BCUT2D eigenvalue weighted by molar-refractivity contribution is 6.30. The number of carbonyl (C=O) groups excluding carboxylic acids is 1. The third-order valence-electron chi connectivity index (χ3n) is 4.17. The maximum atomic E-state index is 13.2. The summed E-state index contributed by atoms with van der Waals surface area (Å²) in [6.45, 7) is 3.84. The van der Waals surface area contributed by atoms with Crippen molar-refractivity contribution in [3.05, 3.63) is 63.9 Å². The average molecular weight is 371 g/mol. The quantitative estimate of drug-likeness (QED) is 0.630. The molecule has 1 atom stereocenters. The largest absolute Gasteiger partial charge is 0.464 e. The summed E-state index contributed by atoms with van der Waals surface area (Å²) in [5.74, 6) is -0.0188. The molecule has 0 aliphatic heterocycles. The van der Waals surface area contributed by atoms with Crippen molar-refractivity contribution >= 4 is 28.5 Å². The summed E-state index contributed by atoms with van der Waals surface area (Å²) in [4.78, 5) is 30.3. The maximum Gasteiger partial charge on any atom is 0.329 e. The Balaban J connectivity index is 2.32. The van der Waals surface area contributed by atoms with Crippen molar-refractivity contribution in [3.8, 4) is 11.4 Å². The van der Waals surface area contributed by atoms with Crippen LogP contribution in [0.2, 0.25) is 5.02 Å². The standard InChI is InChI=1S/C20H19ClN2O3/c1-3-17(20(25)26-4-2)23-18(13-9-11-14(21)12-10-13)22-16-8-6-5-7-15(16)19(23)24/h5-12,17H,3-4H2,1-2H3. The molecule has 3 aromatic rings. The lowest BCUT2D eigenvalue weighted by molar-refractivity contribution is -0.147. The molecule has 1 unspecified atom stereocenters. The van der Waals surface area contributed by atoms with Crippen molar-refractivity contribution in [1.82, 2.24) is 9.55 Å². The van der Waals surface area contributed by atoms with Gasteiger partial charge in [0.1, 0.15) is 11.9 Å². The molecule has 0 fully saturated rings. The van der Waals surface area contributed by atoms with Gasteiger partial charge in [-0.25, -0.2) is 9.78 Å². The fourth-order valence-electron chi connectivity index (χ4n) is 2.93. The summed E-state index contributed by atoms with van der Waals surface area (Å²) in [5, 5.41) is 1.05. The van der Waals surface area contributed by atoms with E-state index in [4.69, 9.17) is 16.3 Å². The van der Waals surface area contributed by atoms with E-state index in [1.165, 1.54) is 4.57 Å². The van der Waals surface area contributed by atoms with E-state index < -0.39 is 12.0 Å². The van der Waals surface area contributed by atoms with Gasteiger partial charge in [-0.15, -0.1) is 0 Å². The summed E-state index contributed by atoms with van der Waals surface area (Å²) >= 11 is 5.98. The molecule has 0 saturated carbocycles. The zero-order valence-corrected chi connectivity index (χ0v) is 15.4. The fraction of sp³-hybridized carbons (Fsp3) is 0.250. The van der Waals surface area contributed by atoms with Gasteiger partial charge in [0.05, 0.1) is 17.5 Å². The van der Waals surface area contributed by atoms with Gasteiger partial charge in [-0.1, -0.05) is 30.7 Å². The van der Waals surface area contributed by atoms with Gasteiger partial charge in [-0.3, -0.25) is 9.36 Å². The molecule has 0 aliphatic rings. The van der Waals surface area contributed by atoms with E-state index in [0.717, 1.165) is 0 Å². The zero-order valence-electron chi connectivity index (χ0n) is 14.6. The Labute approximate surface area is 156 Å². The van der Waals surface area contributed by atoms with Crippen molar-refractivity contribution in [1.29, 1.82) is 0 Å². The number of para-hydroxylation sites is 1. The van der Waals surface area contributed by atoms with Gasteiger partial charge in [-0.05, 0) is 49.7 Å². The number of rotatable bonds is 5. The highest BCUT2D eigenvalue weighted by Gasteiger charge is 2.26. The highest BCUT2D eigenvalue weighted by Crippen LogP contribution is 2.25. The molecule has 134 valence electrons. The fourth-order valence-corrected chi connectivity index (χ4v) is 3.06. The molecule has 2 aromatic carbocycles. The molecule has 0 bridgehead atoms. The highest BCUT2D eigenvalue weighted by atomic mass is 35.5. The van der Waals surface area contributed by atoms with Crippen LogP contribution in [0, 0.1) is 0 Å². The van der Waals surface area contributed by atoms with Crippen molar-refractivity contribution < 1.29 is 9.53 Å². The van der Waals surface area contributed by atoms with E-state index >= 15 is 0 Å². The van der Waals surface area contributed by atoms with Gasteiger partial charge >= 0.3 is 5.97 Å². The predicted octanol–water partition coefficient (Wildman–Crippen LogP) is 4.23. The summed E-state index contributed by atoms with van der Waals surface area (Å²) in [6, 6.07) is 13.4. The Morgan fingerprint density at radius 2 is 1.85 bits per heavy atom. The number of ether oxygens (including phenoxy) is 1. The van der Waals surface area contributed by atoms with Crippen LogP contribution in [0.15, 0.2) is 53.3 Å². The topological polar surface area (TPSA) is 61.2 Å². The third kappa shape index (κ3) is 3.35. The minimum atomic E-state index is -0.745. The molecule has 0 amide bonds. The maximum absolute atomic E-state index is 13.2. The SMILES string of the molecule is CCOC(=O)C(CC)n1c(-c2ccc(Cl)cc2)nc2ccccc2c1=O. The lowest BCUT2D eigenvalue weighted by atomic mass is 10.1. The second-order valence-electron chi connectivity index (χ2n) is 5.81. The van der Waals surface area contributed by atoms with E-state index in [-0.39, 0.29) is 12.2 Å². The van der Waals surface area contributed by atoms with Gasteiger partial charge < -0.3 is 4.74 Å². The van der Waals surface area contributed by atoms with E-state index in [0.29, 0.717) is 33.7 Å². The first-order chi connectivity index (χ1) is 12.6. The van der Waals surface area contributed by atoms with Crippen LogP contribution in [0.4, 0.5) is 0 Å². The first-order valence-corrected chi connectivity index (χ1v) is 8.88. The smallest absolute Gasteiger partial charge is 0.329 e. The molecule has 3 rings (SSSR count). The van der Waals surface area contributed by atoms with Crippen molar-refractivity contribution in [2.75, 3.05) is 6.61 Å². The lowest BCUT2D eigenvalue weighted by Gasteiger charge is -2.21. The molecule has 0 radical (unpaired) electrons. The first-order valence-electron chi connectivity index (χ1n) is 8.50. The second-order valence-corrected chi connectivity index (χ2v) is 6.25. The number of fused-ring (bicyclic) bond motifs is 1. The molecule has 0 saturated heterocycles. The molecule has 1 heterocycles. The van der Waals surface area contributed by atoms with Crippen LogP contribution in [0.3, 0.4) is 0 Å². The van der Waals surface area contributed by atoms with Crippen LogP contribution in [-0.4, -0.2) is 22.1 Å². The number of carbonyl (C=O) groups is 1. The Hall–Kier alpha value is -2.66. The number of halogens is 1. The molecular formula is C20H19ClN2O3. The Bertz CT molecular complexity index is 996. The molecule has 0 aliphatic carbocycles. The summed E-state index contributed by atoms with van der Waals surface area (Å²) < 4.78 is 6.61. The Morgan fingerprint density at radius 3 is 2.50 bits per heavy atom. The van der Waals surface area contributed by atoms with Gasteiger partial charge in [0, 0.05) is 10.6 Å². The van der Waals surface area contributed by atoms with Crippen molar-refractivity contribution in [2.45, 2.75) is 26.3 Å². The van der Waals surface area contributed by atoms with Gasteiger partial charge in [0.2, 0.25) is 0 Å². The van der Waals surface area contributed by atoms with E-state index in [1.807, 2.05) is 13.0 Å². The van der Waals surface area contributed by atoms with Crippen LogP contribution in [0.1, 0.15) is 26.3 Å². The predicted molar refractivity (Wildman–Crippen MR) is 102 cm³/mol. The molecule has 5 nitrogen and oxygen atoms in total. The third-order valence-corrected chi connectivity index (χ3v) is 4.42. The number of esters is 1. The van der Waals surface area contributed by atoms with Crippen LogP contribution < -0.4 is 5.56 Å². The van der Waals surface area contributed by atoms with Gasteiger partial charge in [0.15, 0.2) is 0 Å². The summed E-state index contributed by atoms with van der Waals surface area (Å²) in [6.07, 6.45) is 0.416. The second kappa shape index (κ2) is 7.70. The Morgan fingerprint density at radius 1 is 1.15 bits per heavy atom. The molecular weight excluding hydrogens is 352 g/mol. The lowest BCUT2D eigenvalue weighted by Crippen LogP contribution is -2.33. The van der Waals surface area contributed by atoms with Crippen LogP contribution in [0.5, 0.6) is 0 Å². The number of aromatic nitrogens is 2. The van der Waals surface area contributed by atoms with Crippen molar-refractivity contribution in [3.63, 3.8) is 0 Å². The zero-order chi connectivity index (χ0) is 18.7. The monoisotopic (exact) mass is 370 g/mol. The molecule has 1 aromatic heterocycles. The molecule has 0 spiro atoms. The Kier molecular flexibility index (Phi) is 5.38. The molecule has 26 heavy (non-hydrogen) atoms.